The topological polar surface area (TPSA) is 72.7 Å². The van der Waals surface area contributed by atoms with Crippen molar-refractivity contribution in [1.82, 2.24) is 25.1 Å². The van der Waals surface area contributed by atoms with Crippen LogP contribution in [0.3, 0.4) is 0 Å². The number of carbonyl (C=O) groups is 1. The fraction of sp³-hybridized carbons (Fsp3) is 0.391. The van der Waals surface area contributed by atoms with Gasteiger partial charge in [0.1, 0.15) is 6.33 Å². The smallest absolute Gasteiger partial charge is 0.251 e. The number of hydrogen-bond donors (Lipinski definition) is 1. The quantitative estimate of drug-likeness (QED) is 0.702. The van der Waals surface area contributed by atoms with Gasteiger partial charge in [0, 0.05) is 22.9 Å². The highest BCUT2D eigenvalue weighted by atomic mass is 16.1. The molecule has 1 aliphatic rings. The van der Waals surface area contributed by atoms with E-state index in [0.717, 1.165) is 41.2 Å². The third-order valence-corrected chi connectivity index (χ3v) is 5.54. The molecular formula is C23H27N5O. The summed E-state index contributed by atoms with van der Waals surface area (Å²) in [4.78, 5) is 17.4. The number of carbonyl (C=O) groups excluding carboxylic acids is 1. The average Bonchev–Trinajstić information content (AvgIpc) is 3.21. The Morgan fingerprint density at radius 2 is 1.97 bits per heavy atom. The molecule has 1 fully saturated rings. The molecule has 1 N–H and O–H groups in total. The summed E-state index contributed by atoms with van der Waals surface area (Å²) in [5, 5.41) is 11.3. The van der Waals surface area contributed by atoms with Gasteiger partial charge in [-0.05, 0) is 56.5 Å². The molecule has 1 aromatic carbocycles. The van der Waals surface area contributed by atoms with Crippen LogP contribution < -0.4 is 5.32 Å². The number of rotatable bonds is 5. The van der Waals surface area contributed by atoms with E-state index in [1.54, 1.807) is 6.33 Å². The third-order valence-electron chi connectivity index (χ3n) is 5.54. The zero-order chi connectivity index (χ0) is 20.2. The Kier molecular flexibility index (Phi) is 5.69. The van der Waals surface area contributed by atoms with Crippen LogP contribution in [0.5, 0.6) is 0 Å². The Labute approximate surface area is 171 Å². The summed E-state index contributed by atoms with van der Waals surface area (Å²) in [5.41, 5.74) is 4.57. The number of aryl methyl sites for hydroxylation is 2. The highest BCUT2D eigenvalue weighted by molar-refractivity contribution is 5.95. The van der Waals surface area contributed by atoms with Gasteiger partial charge in [0.15, 0.2) is 5.82 Å². The van der Waals surface area contributed by atoms with E-state index < -0.39 is 0 Å². The summed E-state index contributed by atoms with van der Waals surface area (Å²) in [7, 11) is 0. The Morgan fingerprint density at radius 1 is 1.14 bits per heavy atom. The van der Waals surface area contributed by atoms with Gasteiger partial charge >= 0.3 is 0 Å². The molecule has 1 saturated carbocycles. The first-order chi connectivity index (χ1) is 14.1. The first kappa shape index (κ1) is 19.3. The van der Waals surface area contributed by atoms with Crippen LogP contribution in [0.25, 0.3) is 11.3 Å². The van der Waals surface area contributed by atoms with Crippen molar-refractivity contribution in [3.8, 4) is 11.3 Å². The Hall–Kier alpha value is -3.02. The van der Waals surface area contributed by atoms with E-state index in [0.29, 0.717) is 18.2 Å². The SMILES string of the molecule is Cc1cc(C)nc(-c2cccc(C(=O)NCc3nncn3C3CCCCC3)c2)c1. The number of nitrogens with one attached hydrogen (secondary N) is 1. The molecule has 4 rings (SSSR count). The van der Waals surface area contributed by atoms with Gasteiger partial charge in [0.2, 0.25) is 0 Å². The van der Waals surface area contributed by atoms with Crippen molar-refractivity contribution in [3.63, 3.8) is 0 Å². The van der Waals surface area contributed by atoms with Gasteiger partial charge in [-0.25, -0.2) is 0 Å². The van der Waals surface area contributed by atoms with E-state index >= 15 is 0 Å². The minimum Gasteiger partial charge on any atom is -0.345 e. The second kappa shape index (κ2) is 8.55. The van der Waals surface area contributed by atoms with Crippen LogP contribution in [0.4, 0.5) is 0 Å². The third kappa shape index (κ3) is 4.53. The number of pyridine rings is 1. The molecule has 0 spiro atoms. The number of aromatic nitrogens is 4. The van der Waals surface area contributed by atoms with Crippen LogP contribution >= 0.6 is 0 Å². The van der Waals surface area contributed by atoms with Gasteiger partial charge in [0.25, 0.3) is 5.91 Å². The van der Waals surface area contributed by atoms with Crippen molar-refractivity contribution >= 4 is 5.91 Å². The molecule has 2 heterocycles. The van der Waals surface area contributed by atoms with Crippen molar-refractivity contribution in [2.45, 2.75) is 58.5 Å². The zero-order valence-electron chi connectivity index (χ0n) is 17.1. The Bertz CT molecular complexity index is 984. The molecule has 29 heavy (non-hydrogen) atoms. The first-order valence-electron chi connectivity index (χ1n) is 10.3. The second-order valence-electron chi connectivity index (χ2n) is 7.88. The molecular weight excluding hydrogens is 362 g/mol. The largest absolute Gasteiger partial charge is 0.345 e. The van der Waals surface area contributed by atoms with E-state index in [1.807, 2.05) is 43.3 Å². The molecule has 0 unspecified atom stereocenters. The van der Waals surface area contributed by atoms with E-state index in [2.05, 4.69) is 32.0 Å². The summed E-state index contributed by atoms with van der Waals surface area (Å²) in [6.45, 7) is 4.41. The summed E-state index contributed by atoms with van der Waals surface area (Å²) >= 11 is 0. The van der Waals surface area contributed by atoms with Crippen LogP contribution in [0.1, 0.15) is 65.6 Å². The number of hydrogen-bond acceptors (Lipinski definition) is 4. The molecule has 0 aliphatic heterocycles. The van der Waals surface area contributed by atoms with Gasteiger partial charge in [-0.15, -0.1) is 10.2 Å². The van der Waals surface area contributed by atoms with Crippen LogP contribution in [0, 0.1) is 13.8 Å². The van der Waals surface area contributed by atoms with Crippen molar-refractivity contribution in [3.05, 3.63) is 65.4 Å². The molecule has 2 aromatic heterocycles. The molecule has 0 bridgehead atoms. The van der Waals surface area contributed by atoms with Crippen molar-refractivity contribution in [2.75, 3.05) is 0 Å². The Morgan fingerprint density at radius 3 is 2.76 bits per heavy atom. The molecule has 0 radical (unpaired) electrons. The van der Waals surface area contributed by atoms with E-state index in [4.69, 9.17) is 0 Å². The maximum atomic E-state index is 12.8. The van der Waals surface area contributed by atoms with Gasteiger partial charge < -0.3 is 9.88 Å². The maximum absolute atomic E-state index is 12.8. The number of benzene rings is 1. The molecule has 0 saturated heterocycles. The first-order valence-corrected chi connectivity index (χ1v) is 10.3. The van der Waals surface area contributed by atoms with Crippen molar-refractivity contribution in [1.29, 1.82) is 0 Å². The molecule has 6 heteroatoms. The van der Waals surface area contributed by atoms with Gasteiger partial charge in [-0.2, -0.15) is 0 Å². The average molecular weight is 390 g/mol. The number of nitrogens with zero attached hydrogens (tertiary/aromatic N) is 4. The summed E-state index contributed by atoms with van der Waals surface area (Å²) < 4.78 is 2.13. The number of amides is 1. The lowest BCUT2D eigenvalue weighted by Crippen LogP contribution is -2.26. The van der Waals surface area contributed by atoms with Crippen LogP contribution in [0.2, 0.25) is 0 Å². The van der Waals surface area contributed by atoms with Crippen LogP contribution in [-0.2, 0) is 6.54 Å². The molecule has 1 amide bonds. The lowest BCUT2D eigenvalue weighted by atomic mass is 9.95. The van der Waals surface area contributed by atoms with E-state index in [-0.39, 0.29) is 5.91 Å². The van der Waals surface area contributed by atoms with Gasteiger partial charge in [-0.1, -0.05) is 31.4 Å². The molecule has 0 atom stereocenters. The fourth-order valence-electron chi connectivity index (χ4n) is 4.13. The van der Waals surface area contributed by atoms with Crippen molar-refractivity contribution in [2.24, 2.45) is 0 Å². The summed E-state index contributed by atoms with van der Waals surface area (Å²) in [6.07, 6.45) is 7.90. The predicted octanol–water partition coefficient (Wildman–Crippen LogP) is 4.39. The molecule has 3 aromatic rings. The summed E-state index contributed by atoms with van der Waals surface area (Å²) in [6, 6.07) is 12.1. The molecule has 150 valence electrons. The van der Waals surface area contributed by atoms with E-state index in [9.17, 15) is 4.79 Å². The van der Waals surface area contributed by atoms with Crippen LogP contribution in [0.15, 0.2) is 42.7 Å². The highest BCUT2D eigenvalue weighted by Gasteiger charge is 2.19. The van der Waals surface area contributed by atoms with Crippen LogP contribution in [-0.4, -0.2) is 25.7 Å². The normalized spacial score (nSPS) is 14.7. The van der Waals surface area contributed by atoms with Crippen molar-refractivity contribution < 1.29 is 4.79 Å². The standard InChI is InChI=1S/C23H27N5O/c1-16-11-17(2)26-21(12-16)18-7-6-8-19(13-18)23(29)24-14-22-27-25-15-28(22)20-9-4-3-5-10-20/h6-8,11-13,15,20H,3-5,9-10,14H2,1-2H3,(H,24,29). The minimum absolute atomic E-state index is 0.116. The lowest BCUT2D eigenvalue weighted by Gasteiger charge is -2.24. The van der Waals surface area contributed by atoms with E-state index in [1.165, 1.54) is 19.3 Å². The Balaban J connectivity index is 1.46. The monoisotopic (exact) mass is 389 g/mol. The maximum Gasteiger partial charge on any atom is 0.251 e. The zero-order valence-corrected chi connectivity index (χ0v) is 17.1. The lowest BCUT2D eigenvalue weighted by molar-refractivity contribution is 0.0949. The van der Waals surface area contributed by atoms with Gasteiger partial charge in [-0.3, -0.25) is 9.78 Å². The summed E-state index contributed by atoms with van der Waals surface area (Å²) in [5.74, 6) is 0.701. The second-order valence-corrected chi connectivity index (χ2v) is 7.88. The fourth-order valence-corrected chi connectivity index (χ4v) is 4.13. The molecule has 1 aliphatic carbocycles. The minimum atomic E-state index is -0.116. The highest BCUT2D eigenvalue weighted by Crippen LogP contribution is 2.28. The molecule has 6 nitrogen and oxygen atoms in total. The predicted molar refractivity (Wildman–Crippen MR) is 112 cm³/mol. The van der Waals surface area contributed by atoms with Gasteiger partial charge in [0.05, 0.1) is 12.2 Å².